The van der Waals surface area contributed by atoms with E-state index in [-0.39, 0.29) is 6.04 Å². The Hall–Kier alpha value is -0.560. The van der Waals surface area contributed by atoms with Crippen LogP contribution in [0, 0.1) is 0 Å². The summed E-state index contributed by atoms with van der Waals surface area (Å²) in [6.45, 7) is 0. The van der Waals surface area contributed by atoms with Gasteiger partial charge in [-0.1, -0.05) is 27.5 Å². The van der Waals surface area contributed by atoms with Gasteiger partial charge in [0.1, 0.15) is 0 Å². The molecule has 1 unspecified atom stereocenters. The first-order valence-corrected chi connectivity index (χ1v) is 7.66. The van der Waals surface area contributed by atoms with Crippen LogP contribution in [0.25, 0.3) is 0 Å². The minimum atomic E-state index is -4.37. The predicted octanol–water partition coefficient (Wildman–Crippen LogP) is 5.49. The van der Waals surface area contributed by atoms with Crippen molar-refractivity contribution >= 4 is 38.9 Å². The van der Waals surface area contributed by atoms with Gasteiger partial charge in [0.05, 0.1) is 16.6 Å². The molecule has 108 valence electrons. The van der Waals surface area contributed by atoms with Gasteiger partial charge in [0.25, 0.3) is 0 Å². The highest BCUT2D eigenvalue weighted by atomic mass is 79.9. The lowest BCUT2D eigenvalue weighted by Gasteiger charge is -2.19. The third-order valence-electron chi connectivity index (χ3n) is 2.83. The zero-order chi connectivity index (χ0) is 14.9. The summed E-state index contributed by atoms with van der Waals surface area (Å²) in [5.74, 6) is 0. The van der Waals surface area contributed by atoms with Crippen LogP contribution in [-0.2, 0) is 6.18 Å². The first-order valence-electron chi connectivity index (χ1n) is 5.61. The van der Waals surface area contributed by atoms with Crippen LogP contribution in [-0.4, -0.2) is 7.05 Å². The molecule has 0 spiro atoms. The second-order valence-corrected chi connectivity index (χ2v) is 6.30. The third-order valence-corrected chi connectivity index (χ3v) is 4.98. The van der Waals surface area contributed by atoms with Gasteiger partial charge in [-0.05, 0) is 42.3 Å². The van der Waals surface area contributed by atoms with Crippen molar-refractivity contribution in [2.45, 2.75) is 12.2 Å². The van der Waals surface area contributed by atoms with Gasteiger partial charge in [-0.25, -0.2) is 0 Å². The van der Waals surface area contributed by atoms with Crippen molar-refractivity contribution in [3.63, 3.8) is 0 Å². The van der Waals surface area contributed by atoms with Gasteiger partial charge < -0.3 is 5.32 Å². The molecule has 2 rings (SSSR count). The normalized spacial score (nSPS) is 13.5. The van der Waals surface area contributed by atoms with Crippen LogP contribution in [0.4, 0.5) is 13.2 Å². The molecule has 20 heavy (non-hydrogen) atoms. The standard InChI is InChI=1S/C13H10BrClF3NS/c1-19-11(12-10(15)4-5-20-12)8-6-7(13(16,17)18)2-3-9(8)14/h2-6,11,19H,1H3. The first kappa shape index (κ1) is 15.8. The molecule has 0 fully saturated rings. The molecule has 0 bridgehead atoms. The highest BCUT2D eigenvalue weighted by Crippen LogP contribution is 2.38. The quantitative estimate of drug-likeness (QED) is 0.737. The largest absolute Gasteiger partial charge is 0.416 e. The number of thiophene rings is 1. The molecule has 0 amide bonds. The molecule has 0 aliphatic rings. The highest BCUT2D eigenvalue weighted by molar-refractivity contribution is 9.10. The summed E-state index contributed by atoms with van der Waals surface area (Å²) in [4.78, 5) is 0.786. The number of rotatable bonds is 3. The van der Waals surface area contributed by atoms with Crippen LogP contribution in [0.1, 0.15) is 22.0 Å². The van der Waals surface area contributed by atoms with Crippen LogP contribution >= 0.6 is 38.9 Å². The van der Waals surface area contributed by atoms with Crippen molar-refractivity contribution < 1.29 is 13.2 Å². The summed E-state index contributed by atoms with van der Waals surface area (Å²) in [7, 11) is 1.69. The summed E-state index contributed by atoms with van der Waals surface area (Å²) in [6.07, 6.45) is -4.37. The SMILES string of the molecule is CNC(c1cc(C(F)(F)F)ccc1Br)c1sccc1Cl. The highest BCUT2D eigenvalue weighted by Gasteiger charge is 2.32. The fraction of sp³-hybridized carbons (Fsp3) is 0.231. The zero-order valence-corrected chi connectivity index (χ0v) is 13.4. The van der Waals surface area contributed by atoms with Crippen LogP contribution in [0.5, 0.6) is 0 Å². The number of nitrogens with one attached hydrogen (secondary N) is 1. The Labute approximate surface area is 131 Å². The Morgan fingerprint density at radius 3 is 2.50 bits per heavy atom. The van der Waals surface area contributed by atoms with Gasteiger partial charge >= 0.3 is 6.18 Å². The molecule has 0 saturated heterocycles. The smallest absolute Gasteiger partial charge is 0.309 e. The third kappa shape index (κ3) is 3.19. The second-order valence-electron chi connectivity index (χ2n) is 4.09. The Bertz CT molecular complexity index is 612. The first-order chi connectivity index (χ1) is 9.34. The number of hydrogen-bond donors (Lipinski definition) is 1. The number of halogens is 5. The Balaban J connectivity index is 2.52. The maximum Gasteiger partial charge on any atom is 0.416 e. The fourth-order valence-electron chi connectivity index (χ4n) is 1.88. The second kappa shape index (κ2) is 6.05. The summed E-state index contributed by atoms with van der Waals surface area (Å²) >= 11 is 10.8. The van der Waals surface area contributed by atoms with E-state index >= 15 is 0 Å². The van der Waals surface area contributed by atoms with E-state index in [2.05, 4.69) is 21.2 Å². The maximum atomic E-state index is 12.8. The monoisotopic (exact) mass is 383 g/mol. The molecule has 1 aromatic heterocycles. The van der Waals surface area contributed by atoms with E-state index in [1.807, 2.05) is 5.38 Å². The molecule has 2 aromatic rings. The summed E-state index contributed by atoms with van der Waals surface area (Å²) in [6, 6.07) is 4.94. The van der Waals surface area contributed by atoms with Crippen molar-refractivity contribution in [2.24, 2.45) is 0 Å². The molecule has 1 N–H and O–H groups in total. The lowest BCUT2D eigenvalue weighted by molar-refractivity contribution is -0.137. The van der Waals surface area contributed by atoms with Crippen molar-refractivity contribution in [1.82, 2.24) is 5.32 Å². The molecule has 7 heteroatoms. The topological polar surface area (TPSA) is 12.0 Å². The van der Waals surface area contributed by atoms with Gasteiger partial charge in [0, 0.05) is 9.35 Å². The molecule has 0 aliphatic heterocycles. The van der Waals surface area contributed by atoms with E-state index in [0.717, 1.165) is 17.0 Å². The summed E-state index contributed by atoms with van der Waals surface area (Å²) < 4.78 is 39.1. The fourth-order valence-corrected chi connectivity index (χ4v) is 3.65. The van der Waals surface area contributed by atoms with Gasteiger partial charge in [0.15, 0.2) is 0 Å². The average Bonchev–Trinajstić information content (AvgIpc) is 2.78. The average molecular weight is 385 g/mol. The van der Waals surface area contributed by atoms with Crippen LogP contribution in [0.2, 0.25) is 5.02 Å². The van der Waals surface area contributed by atoms with Gasteiger partial charge in [-0.3, -0.25) is 0 Å². The van der Waals surface area contributed by atoms with Crippen LogP contribution < -0.4 is 5.32 Å². The maximum absolute atomic E-state index is 12.8. The zero-order valence-electron chi connectivity index (χ0n) is 10.3. The van der Waals surface area contributed by atoms with E-state index < -0.39 is 11.7 Å². The lowest BCUT2D eigenvalue weighted by Crippen LogP contribution is -2.18. The van der Waals surface area contributed by atoms with Crippen molar-refractivity contribution in [3.05, 3.63) is 55.1 Å². The number of alkyl halides is 3. The lowest BCUT2D eigenvalue weighted by atomic mass is 10.0. The van der Waals surface area contributed by atoms with Crippen molar-refractivity contribution in [1.29, 1.82) is 0 Å². The van der Waals surface area contributed by atoms with E-state index in [9.17, 15) is 13.2 Å². The van der Waals surface area contributed by atoms with E-state index in [1.54, 1.807) is 13.1 Å². The minimum absolute atomic E-state index is 0.390. The Kier molecular flexibility index (Phi) is 4.79. The molecule has 1 atom stereocenters. The van der Waals surface area contributed by atoms with Crippen molar-refractivity contribution in [2.75, 3.05) is 7.05 Å². The molecule has 0 radical (unpaired) electrons. The number of hydrogen-bond acceptors (Lipinski definition) is 2. The summed E-state index contributed by atoms with van der Waals surface area (Å²) in [5.41, 5.74) is -0.171. The molecule has 1 heterocycles. The van der Waals surface area contributed by atoms with Crippen molar-refractivity contribution in [3.8, 4) is 0 Å². The van der Waals surface area contributed by atoms with Crippen LogP contribution in [0.15, 0.2) is 34.1 Å². The van der Waals surface area contributed by atoms with Crippen LogP contribution in [0.3, 0.4) is 0 Å². The van der Waals surface area contributed by atoms with Gasteiger partial charge in [-0.2, -0.15) is 13.2 Å². The van der Waals surface area contributed by atoms with E-state index in [0.29, 0.717) is 15.1 Å². The summed E-state index contributed by atoms with van der Waals surface area (Å²) in [5, 5.41) is 5.36. The molecule has 1 nitrogen and oxygen atoms in total. The molecule has 1 aromatic carbocycles. The van der Waals surface area contributed by atoms with Gasteiger partial charge in [-0.15, -0.1) is 11.3 Å². The molecule has 0 saturated carbocycles. The molecule has 0 aliphatic carbocycles. The Morgan fingerprint density at radius 2 is 2.00 bits per heavy atom. The minimum Gasteiger partial charge on any atom is -0.309 e. The molecular weight excluding hydrogens is 375 g/mol. The number of benzene rings is 1. The van der Waals surface area contributed by atoms with E-state index in [4.69, 9.17) is 11.6 Å². The molecular formula is C13H10BrClF3NS. The van der Waals surface area contributed by atoms with Gasteiger partial charge in [0.2, 0.25) is 0 Å². The van der Waals surface area contributed by atoms with E-state index in [1.165, 1.54) is 17.4 Å². The Morgan fingerprint density at radius 1 is 1.30 bits per heavy atom. The predicted molar refractivity (Wildman–Crippen MR) is 79.4 cm³/mol.